The lowest BCUT2D eigenvalue weighted by molar-refractivity contribution is -0.136. The van der Waals surface area contributed by atoms with Gasteiger partial charge in [0.1, 0.15) is 11.6 Å². The second kappa shape index (κ2) is 8.05. The summed E-state index contributed by atoms with van der Waals surface area (Å²) in [7, 11) is 0. The van der Waals surface area contributed by atoms with Crippen molar-refractivity contribution >= 4 is 23.3 Å². The minimum absolute atomic E-state index is 0.189. The molecule has 0 saturated heterocycles. The maximum absolute atomic E-state index is 14.1. The van der Waals surface area contributed by atoms with E-state index in [9.17, 15) is 14.0 Å². The lowest BCUT2D eigenvalue weighted by Gasteiger charge is -2.06. The highest BCUT2D eigenvalue weighted by molar-refractivity contribution is 5.81. The van der Waals surface area contributed by atoms with E-state index in [-0.39, 0.29) is 18.7 Å². The van der Waals surface area contributed by atoms with Crippen molar-refractivity contribution < 1.29 is 23.8 Å². The Morgan fingerprint density at radius 1 is 1.44 bits per heavy atom. The summed E-state index contributed by atoms with van der Waals surface area (Å²) < 4.78 is 20.3. The summed E-state index contributed by atoms with van der Waals surface area (Å²) in [6.45, 7) is 6.00. The van der Waals surface area contributed by atoms with Crippen LogP contribution in [0.5, 0.6) is 0 Å². The van der Waals surface area contributed by atoms with E-state index in [4.69, 9.17) is 5.11 Å². The third-order valence-electron chi connectivity index (χ3n) is 3.51. The first kappa shape index (κ1) is 18.1. The van der Waals surface area contributed by atoms with E-state index in [1.807, 2.05) is 13.0 Å². The highest BCUT2D eigenvalue weighted by atomic mass is 19.1. The number of hydrogen-bond donors (Lipinski definition) is 1. The Kier molecular flexibility index (Phi) is 5.84. The van der Waals surface area contributed by atoms with Gasteiger partial charge >= 0.3 is 5.97 Å². The van der Waals surface area contributed by atoms with Gasteiger partial charge in [-0.25, -0.2) is 4.39 Å². The van der Waals surface area contributed by atoms with Crippen LogP contribution >= 0.6 is 0 Å². The molecule has 1 aromatic heterocycles. The molecule has 0 fully saturated rings. The minimum Gasteiger partial charge on any atom is -0.481 e. The van der Waals surface area contributed by atoms with Crippen LogP contribution in [0.1, 0.15) is 12.5 Å². The Balaban J connectivity index is 2.30. The standard InChI is InChI=1S/C18H17FN2O4/c1-3-13(5-4-12(2)25-11-22)10-21-17-7-14(8-18(23)24)6-16(19)15(17)9-20-21/h3-7,9,11H,2,8,10H2,1H3,(H,23,24)/b5-4-,13-3+. The van der Waals surface area contributed by atoms with E-state index in [0.717, 1.165) is 5.57 Å². The van der Waals surface area contributed by atoms with Gasteiger partial charge in [-0.3, -0.25) is 14.3 Å². The summed E-state index contributed by atoms with van der Waals surface area (Å²) in [6, 6.07) is 2.82. The predicted octanol–water partition coefficient (Wildman–Crippen LogP) is 2.99. The maximum atomic E-state index is 14.1. The van der Waals surface area contributed by atoms with E-state index in [1.165, 1.54) is 18.3 Å². The van der Waals surface area contributed by atoms with Gasteiger partial charge in [0.2, 0.25) is 0 Å². The van der Waals surface area contributed by atoms with Gasteiger partial charge in [0.05, 0.1) is 30.1 Å². The molecule has 130 valence electrons. The molecule has 2 rings (SSSR count). The summed E-state index contributed by atoms with van der Waals surface area (Å²) in [6.07, 6.45) is 6.20. The van der Waals surface area contributed by atoms with Crippen molar-refractivity contribution in [3.63, 3.8) is 0 Å². The van der Waals surface area contributed by atoms with Crippen molar-refractivity contribution in [3.05, 3.63) is 65.8 Å². The SMILES string of the molecule is C=C(/C=C\C(=C/C)Cn1ncc2c(F)cc(CC(=O)O)cc21)OC=O. The molecule has 1 heterocycles. The molecule has 0 radical (unpaired) electrons. The summed E-state index contributed by atoms with van der Waals surface area (Å²) >= 11 is 0. The zero-order valence-corrected chi connectivity index (χ0v) is 13.6. The van der Waals surface area contributed by atoms with Crippen molar-refractivity contribution in [3.8, 4) is 0 Å². The number of carboxylic acids is 1. The summed E-state index contributed by atoms with van der Waals surface area (Å²) in [4.78, 5) is 21.1. The van der Waals surface area contributed by atoms with Gasteiger partial charge in [0.25, 0.3) is 6.47 Å². The quantitative estimate of drug-likeness (QED) is 0.452. The normalized spacial score (nSPS) is 11.8. The number of carboxylic acid groups (broad SMARTS) is 1. The molecular weight excluding hydrogens is 327 g/mol. The second-order valence-corrected chi connectivity index (χ2v) is 5.26. The van der Waals surface area contributed by atoms with Gasteiger partial charge < -0.3 is 9.84 Å². The summed E-state index contributed by atoms with van der Waals surface area (Å²) in [5.41, 5.74) is 1.70. The third-order valence-corrected chi connectivity index (χ3v) is 3.51. The molecule has 0 aliphatic carbocycles. The Morgan fingerprint density at radius 3 is 2.84 bits per heavy atom. The van der Waals surface area contributed by atoms with Crippen LogP contribution in [0.3, 0.4) is 0 Å². The first-order valence-corrected chi connectivity index (χ1v) is 7.42. The molecule has 1 N–H and O–H groups in total. The average Bonchev–Trinajstić information content (AvgIpc) is 2.94. The van der Waals surface area contributed by atoms with Crippen LogP contribution in [0.4, 0.5) is 4.39 Å². The van der Waals surface area contributed by atoms with Gasteiger partial charge in [0, 0.05) is 0 Å². The molecule has 25 heavy (non-hydrogen) atoms. The first-order chi connectivity index (χ1) is 11.9. The molecule has 6 nitrogen and oxygen atoms in total. The van der Waals surface area contributed by atoms with Gasteiger partial charge in [-0.15, -0.1) is 0 Å². The van der Waals surface area contributed by atoms with E-state index in [1.54, 1.807) is 16.8 Å². The molecule has 0 amide bonds. The molecule has 0 atom stereocenters. The van der Waals surface area contributed by atoms with Gasteiger partial charge in [-0.2, -0.15) is 5.10 Å². The largest absolute Gasteiger partial charge is 0.481 e. The van der Waals surface area contributed by atoms with Crippen LogP contribution in [-0.2, 0) is 27.3 Å². The van der Waals surface area contributed by atoms with E-state index >= 15 is 0 Å². The summed E-state index contributed by atoms with van der Waals surface area (Å²) in [5, 5.41) is 13.4. The highest BCUT2D eigenvalue weighted by Crippen LogP contribution is 2.21. The number of hydrogen-bond acceptors (Lipinski definition) is 4. The molecule has 0 bridgehead atoms. The fourth-order valence-electron chi connectivity index (χ4n) is 2.31. The van der Waals surface area contributed by atoms with Crippen molar-refractivity contribution in [2.45, 2.75) is 19.9 Å². The number of carbonyl (C=O) groups excluding carboxylic acids is 1. The Hall–Kier alpha value is -3.22. The topological polar surface area (TPSA) is 81.4 Å². The van der Waals surface area contributed by atoms with Crippen molar-refractivity contribution in [2.75, 3.05) is 0 Å². The monoisotopic (exact) mass is 344 g/mol. The van der Waals surface area contributed by atoms with Gasteiger partial charge in [-0.05, 0) is 36.3 Å². The molecule has 0 aliphatic heterocycles. The number of aromatic nitrogens is 2. The number of benzene rings is 1. The van der Waals surface area contributed by atoms with Gasteiger partial charge in [-0.1, -0.05) is 18.7 Å². The van der Waals surface area contributed by atoms with Crippen LogP contribution in [0, 0.1) is 5.82 Å². The van der Waals surface area contributed by atoms with Gasteiger partial charge in [0.15, 0.2) is 0 Å². The van der Waals surface area contributed by atoms with Crippen LogP contribution in [0.25, 0.3) is 10.9 Å². The first-order valence-electron chi connectivity index (χ1n) is 7.42. The molecule has 1 aromatic carbocycles. The molecule has 0 unspecified atom stereocenters. The number of ether oxygens (including phenoxy) is 1. The number of halogens is 1. The molecule has 0 saturated carbocycles. The molecule has 7 heteroatoms. The lowest BCUT2D eigenvalue weighted by Crippen LogP contribution is -2.04. The molecule has 0 spiro atoms. The van der Waals surface area contributed by atoms with Crippen LogP contribution in [0.2, 0.25) is 0 Å². The van der Waals surface area contributed by atoms with Crippen LogP contribution in [0.15, 0.2) is 54.5 Å². The summed E-state index contributed by atoms with van der Waals surface area (Å²) in [5.74, 6) is -1.35. The fourth-order valence-corrected chi connectivity index (χ4v) is 2.31. The maximum Gasteiger partial charge on any atom is 0.307 e. The molecule has 0 aliphatic rings. The van der Waals surface area contributed by atoms with Crippen molar-refractivity contribution in [2.24, 2.45) is 0 Å². The van der Waals surface area contributed by atoms with Crippen LogP contribution < -0.4 is 0 Å². The Morgan fingerprint density at radius 2 is 2.20 bits per heavy atom. The van der Waals surface area contributed by atoms with Crippen molar-refractivity contribution in [1.82, 2.24) is 9.78 Å². The predicted molar refractivity (Wildman–Crippen MR) is 90.2 cm³/mol. The average molecular weight is 344 g/mol. The van der Waals surface area contributed by atoms with E-state index < -0.39 is 11.8 Å². The number of fused-ring (bicyclic) bond motifs is 1. The number of nitrogens with zero attached hydrogens (tertiary/aromatic N) is 2. The van der Waals surface area contributed by atoms with Crippen LogP contribution in [-0.4, -0.2) is 27.3 Å². The lowest BCUT2D eigenvalue weighted by atomic mass is 10.1. The molecule has 2 aromatic rings. The van der Waals surface area contributed by atoms with E-state index in [2.05, 4.69) is 16.4 Å². The molecular formula is C18H17FN2O4. The third kappa shape index (κ3) is 4.63. The zero-order chi connectivity index (χ0) is 18.4. The Bertz CT molecular complexity index is 881. The Labute approximate surface area is 143 Å². The van der Waals surface area contributed by atoms with Crippen molar-refractivity contribution in [1.29, 1.82) is 0 Å². The number of allylic oxidation sites excluding steroid dienone is 4. The number of aliphatic carboxylic acids is 1. The highest BCUT2D eigenvalue weighted by Gasteiger charge is 2.12. The zero-order valence-electron chi connectivity index (χ0n) is 13.6. The number of rotatable bonds is 8. The number of carbonyl (C=O) groups is 2. The second-order valence-electron chi connectivity index (χ2n) is 5.26. The fraction of sp³-hybridized carbons (Fsp3) is 0.167. The smallest absolute Gasteiger partial charge is 0.307 e. The minimum atomic E-state index is -1.03. The van der Waals surface area contributed by atoms with E-state index in [0.29, 0.717) is 23.0 Å².